The lowest BCUT2D eigenvalue weighted by atomic mass is 9.84. The molecule has 1 rings (SSSR count). The van der Waals surface area contributed by atoms with Crippen molar-refractivity contribution in [3.63, 3.8) is 0 Å². The Kier molecular flexibility index (Phi) is 5.26. The van der Waals surface area contributed by atoms with Gasteiger partial charge >= 0.3 is 0 Å². The summed E-state index contributed by atoms with van der Waals surface area (Å²) in [5, 5.41) is 3.50. The summed E-state index contributed by atoms with van der Waals surface area (Å²) in [5.41, 5.74) is 0.415. The molecule has 0 radical (unpaired) electrons. The van der Waals surface area contributed by atoms with Gasteiger partial charge in [-0.3, -0.25) is 0 Å². The molecule has 1 fully saturated rings. The lowest BCUT2D eigenvalue weighted by molar-refractivity contribution is 0.158. The Bertz CT molecular complexity index is 195. The molecule has 0 saturated heterocycles. The molecule has 1 saturated carbocycles. The minimum absolute atomic E-state index is 0.415. The lowest BCUT2D eigenvalue weighted by Gasteiger charge is -2.36. The average Bonchev–Trinajstić information content (AvgIpc) is 2.15. The summed E-state index contributed by atoms with van der Waals surface area (Å²) in [6.45, 7) is 9.41. The van der Waals surface area contributed by atoms with E-state index in [2.05, 4.69) is 45.1 Å². The molecule has 0 bridgehead atoms. The van der Waals surface area contributed by atoms with Crippen molar-refractivity contribution in [2.24, 2.45) is 11.3 Å². The molecule has 1 aliphatic carbocycles. The van der Waals surface area contributed by atoms with Crippen LogP contribution in [-0.4, -0.2) is 38.1 Å². The number of nitrogens with zero attached hydrogens (tertiary/aromatic N) is 1. The van der Waals surface area contributed by atoms with Crippen molar-refractivity contribution in [1.29, 1.82) is 0 Å². The first kappa shape index (κ1) is 14.0. The number of hydrogen-bond acceptors (Lipinski definition) is 2. The van der Waals surface area contributed by atoms with Gasteiger partial charge < -0.3 is 10.2 Å². The lowest BCUT2D eigenvalue weighted by Crippen LogP contribution is -2.43. The standard InChI is InChI=1S/C14H30N2/c1-14(2,3)11-16(5)10-12-8-6-7-9-13(12)15-4/h12-13,15H,6-11H2,1-5H3. The molecular formula is C14H30N2. The van der Waals surface area contributed by atoms with Crippen LogP contribution in [0.15, 0.2) is 0 Å². The fraction of sp³-hybridized carbons (Fsp3) is 1.00. The van der Waals surface area contributed by atoms with Crippen LogP contribution in [0, 0.1) is 11.3 Å². The minimum Gasteiger partial charge on any atom is -0.317 e. The van der Waals surface area contributed by atoms with Gasteiger partial charge in [-0.2, -0.15) is 0 Å². The highest BCUT2D eigenvalue weighted by atomic mass is 15.1. The molecule has 1 N–H and O–H groups in total. The second-order valence-electron chi connectivity index (χ2n) is 6.70. The van der Waals surface area contributed by atoms with E-state index in [4.69, 9.17) is 0 Å². The van der Waals surface area contributed by atoms with Crippen molar-refractivity contribution in [3.8, 4) is 0 Å². The normalized spacial score (nSPS) is 27.4. The fourth-order valence-corrected chi connectivity index (χ4v) is 3.08. The summed E-state index contributed by atoms with van der Waals surface area (Å²) in [5.74, 6) is 0.853. The summed E-state index contributed by atoms with van der Waals surface area (Å²) < 4.78 is 0. The molecule has 16 heavy (non-hydrogen) atoms. The van der Waals surface area contributed by atoms with Gasteiger partial charge in [0.1, 0.15) is 0 Å². The average molecular weight is 226 g/mol. The predicted molar refractivity (Wildman–Crippen MR) is 71.8 cm³/mol. The maximum Gasteiger partial charge on any atom is 0.0104 e. The molecule has 2 heteroatoms. The molecule has 2 unspecified atom stereocenters. The van der Waals surface area contributed by atoms with E-state index in [1.165, 1.54) is 38.8 Å². The molecule has 1 aliphatic rings. The van der Waals surface area contributed by atoms with Crippen LogP contribution < -0.4 is 5.32 Å². The van der Waals surface area contributed by atoms with E-state index < -0.39 is 0 Å². The molecule has 0 amide bonds. The first-order valence-corrected chi connectivity index (χ1v) is 6.78. The van der Waals surface area contributed by atoms with Gasteiger partial charge in [-0.25, -0.2) is 0 Å². The molecule has 0 heterocycles. The van der Waals surface area contributed by atoms with E-state index in [0.717, 1.165) is 12.0 Å². The van der Waals surface area contributed by atoms with Crippen LogP contribution in [0.5, 0.6) is 0 Å². The number of nitrogens with one attached hydrogen (secondary N) is 1. The van der Waals surface area contributed by atoms with Crippen molar-refractivity contribution in [2.75, 3.05) is 27.2 Å². The smallest absolute Gasteiger partial charge is 0.0104 e. The van der Waals surface area contributed by atoms with Gasteiger partial charge in [0, 0.05) is 19.1 Å². The van der Waals surface area contributed by atoms with E-state index in [9.17, 15) is 0 Å². The SMILES string of the molecule is CNC1CCCCC1CN(C)CC(C)(C)C. The summed E-state index contributed by atoms with van der Waals surface area (Å²) in [7, 11) is 4.39. The monoisotopic (exact) mass is 226 g/mol. The van der Waals surface area contributed by atoms with E-state index in [1.807, 2.05) is 0 Å². The van der Waals surface area contributed by atoms with E-state index in [1.54, 1.807) is 0 Å². The van der Waals surface area contributed by atoms with Crippen LogP contribution >= 0.6 is 0 Å². The van der Waals surface area contributed by atoms with Crippen molar-refractivity contribution in [2.45, 2.75) is 52.5 Å². The third-order valence-electron chi connectivity index (χ3n) is 3.57. The van der Waals surface area contributed by atoms with Gasteiger partial charge in [-0.1, -0.05) is 33.6 Å². The fourth-order valence-electron chi connectivity index (χ4n) is 3.08. The highest BCUT2D eigenvalue weighted by molar-refractivity contribution is 4.82. The van der Waals surface area contributed by atoms with Crippen molar-refractivity contribution in [3.05, 3.63) is 0 Å². The zero-order valence-electron chi connectivity index (χ0n) is 11.8. The van der Waals surface area contributed by atoms with Crippen LogP contribution in [0.2, 0.25) is 0 Å². The zero-order chi connectivity index (χ0) is 12.2. The molecule has 0 aliphatic heterocycles. The Hall–Kier alpha value is -0.0800. The molecule has 2 atom stereocenters. The van der Waals surface area contributed by atoms with Crippen molar-refractivity contribution >= 4 is 0 Å². The second-order valence-corrected chi connectivity index (χ2v) is 6.70. The van der Waals surface area contributed by atoms with Crippen LogP contribution in [-0.2, 0) is 0 Å². The predicted octanol–water partition coefficient (Wildman–Crippen LogP) is 2.74. The van der Waals surface area contributed by atoms with Crippen LogP contribution in [0.3, 0.4) is 0 Å². The Morgan fingerprint density at radius 2 is 1.81 bits per heavy atom. The topological polar surface area (TPSA) is 15.3 Å². The first-order chi connectivity index (χ1) is 7.42. The molecule has 96 valence electrons. The summed E-state index contributed by atoms with van der Waals surface area (Å²) in [4.78, 5) is 2.51. The Morgan fingerprint density at radius 1 is 1.19 bits per heavy atom. The maximum atomic E-state index is 3.50. The van der Waals surface area contributed by atoms with Gasteiger partial charge in [0.05, 0.1) is 0 Å². The molecule has 0 aromatic carbocycles. The van der Waals surface area contributed by atoms with Gasteiger partial charge in [-0.05, 0) is 38.3 Å². The van der Waals surface area contributed by atoms with Crippen LogP contribution in [0.1, 0.15) is 46.5 Å². The van der Waals surface area contributed by atoms with Crippen molar-refractivity contribution in [1.82, 2.24) is 10.2 Å². The molecule has 0 aromatic rings. The zero-order valence-corrected chi connectivity index (χ0v) is 11.8. The first-order valence-electron chi connectivity index (χ1n) is 6.78. The van der Waals surface area contributed by atoms with E-state index in [0.29, 0.717) is 5.41 Å². The summed E-state index contributed by atoms with van der Waals surface area (Å²) in [6, 6.07) is 0.746. The van der Waals surface area contributed by atoms with Gasteiger partial charge in [0.2, 0.25) is 0 Å². The van der Waals surface area contributed by atoms with Crippen LogP contribution in [0.4, 0.5) is 0 Å². The Morgan fingerprint density at radius 3 is 2.38 bits per heavy atom. The summed E-state index contributed by atoms with van der Waals surface area (Å²) >= 11 is 0. The second kappa shape index (κ2) is 6.02. The van der Waals surface area contributed by atoms with Gasteiger partial charge in [0.15, 0.2) is 0 Å². The minimum atomic E-state index is 0.415. The van der Waals surface area contributed by atoms with Crippen LogP contribution in [0.25, 0.3) is 0 Å². The highest BCUT2D eigenvalue weighted by Crippen LogP contribution is 2.25. The third kappa shape index (κ3) is 4.84. The quantitative estimate of drug-likeness (QED) is 0.793. The Balaban J connectivity index is 2.39. The van der Waals surface area contributed by atoms with Gasteiger partial charge in [-0.15, -0.1) is 0 Å². The van der Waals surface area contributed by atoms with E-state index >= 15 is 0 Å². The molecular weight excluding hydrogens is 196 g/mol. The number of hydrogen-bond donors (Lipinski definition) is 1. The third-order valence-corrected chi connectivity index (χ3v) is 3.57. The summed E-state index contributed by atoms with van der Waals surface area (Å²) in [6.07, 6.45) is 5.60. The molecule has 0 spiro atoms. The van der Waals surface area contributed by atoms with Crippen molar-refractivity contribution < 1.29 is 0 Å². The molecule has 0 aromatic heterocycles. The molecule has 2 nitrogen and oxygen atoms in total. The number of rotatable bonds is 4. The van der Waals surface area contributed by atoms with Gasteiger partial charge in [0.25, 0.3) is 0 Å². The maximum absolute atomic E-state index is 3.50. The Labute approximate surface area is 102 Å². The highest BCUT2D eigenvalue weighted by Gasteiger charge is 2.25. The van der Waals surface area contributed by atoms with E-state index in [-0.39, 0.29) is 0 Å². The largest absolute Gasteiger partial charge is 0.317 e.